The molecular formula is C18H29N5O2. The number of hydrogen-bond donors (Lipinski definition) is 2. The Bertz CT molecular complexity index is 554. The molecule has 0 radical (unpaired) electrons. The lowest BCUT2D eigenvalue weighted by molar-refractivity contribution is -0.135. The van der Waals surface area contributed by atoms with Crippen molar-refractivity contribution < 1.29 is 9.59 Å². The number of urea groups is 1. The fraction of sp³-hybridized carbons (Fsp3) is 0.722. The summed E-state index contributed by atoms with van der Waals surface area (Å²) in [6.07, 6.45) is 11.0. The third-order valence-corrected chi connectivity index (χ3v) is 5.20. The number of aromatic nitrogens is 2. The molecule has 1 aliphatic carbocycles. The first-order chi connectivity index (χ1) is 12.2. The molecule has 25 heavy (non-hydrogen) atoms. The van der Waals surface area contributed by atoms with Crippen LogP contribution in [0.2, 0.25) is 0 Å². The lowest BCUT2D eigenvalue weighted by Crippen LogP contribution is -2.44. The van der Waals surface area contributed by atoms with Gasteiger partial charge in [-0.15, -0.1) is 0 Å². The SMILES string of the molecule is O=C(NCCCn1cccn1)N[C@H]1CCN(C(=O)C2CCCCC2)C1. The maximum absolute atomic E-state index is 12.5. The Hall–Kier alpha value is -2.05. The molecule has 0 spiro atoms. The number of hydrogen-bond acceptors (Lipinski definition) is 3. The van der Waals surface area contributed by atoms with Crippen LogP contribution in [-0.4, -0.2) is 52.3 Å². The van der Waals surface area contributed by atoms with Gasteiger partial charge in [0.15, 0.2) is 0 Å². The third-order valence-electron chi connectivity index (χ3n) is 5.20. The van der Waals surface area contributed by atoms with Crippen LogP contribution in [0.25, 0.3) is 0 Å². The quantitative estimate of drug-likeness (QED) is 0.770. The molecule has 1 aromatic heterocycles. The van der Waals surface area contributed by atoms with Gasteiger partial charge in [0.2, 0.25) is 5.91 Å². The molecule has 3 amide bonds. The Morgan fingerprint density at radius 2 is 2.00 bits per heavy atom. The van der Waals surface area contributed by atoms with E-state index in [0.29, 0.717) is 19.0 Å². The Kier molecular flexibility index (Phi) is 6.30. The summed E-state index contributed by atoms with van der Waals surface area (Å²) in [6, 6.07) is 1.82. The van der Waals surface area contributed by atoms with Gasteiger partial charge in [0.1, 0.15) is 0 Å². The first-order valence-corrected chi connectivity index (χ1v) is 9.53. The van der Waals surface area contributed by atoms with Crippen molar-refractivity contribution in [2.24, 2.45) is 5.92 Å². The molecule has 138 valence electrons. The topological polar surface area (TPSA) is 79.3 Å². The van der Waals surface area contributed by atoms with E-state index >= 15 is 0 Å². The molecule has 2 heterocycles. The Balaban J connectivity index is 1.31. The van der Waals surface area contributed by atoms with Gasteiger partial charge in [0, 0.05) is 50.5 Å². The van der Waals surface area contributed by atoms with Crippen molar-refractivity contribution >= 4 is 11.9 Å². The maximum Gasteiger partial charge on any atom is 0.315 e. The monoisotopic (exact) mass is 347 g/mol. The first-order valence-electron chi connectivity index (χ1n) is 9.53. The van der Waals surface area contributed by atoms with E-state index in [1.165, 1.54) is 19.3 Å². The molecule has 1 aromatic rings. The zero-order valence-corrected chi connectivity index (χ0v) is 14.8. The van der Waals surface area contributed by atoms with Crippen molar-refractivity contribution in [2.45, 2.75) is 57.5 Å². The fourth-order valence-corrected chi connectivity index (χ4v) is 3.80. The zero-order chi connectivity index (χ0) is 17.5. The van der Waals surface area contributed by atoms with Gasteiger partial charge in [-0.05, 0) is 31.7 Å². The Morgan fingerprint density at radius 3 is 2.76 bits per heavy atom. The first kappa shape index (κ1) is 17.8. The Labute approximate surface area is 149 Å². The maximum atomic E-state index is 12.5. The summed E-state index contributed by atoms with van der Waals surface area (Å²) in [4.78, 5) is 26.5. The minimum absolute atomic E-state index is 0.0682. The second-order valence-electron chi connectivity index (χ2n) is 7.13. The van der Waals surface area contributed by atoms with Crippen LogP contribution in [0.15, 0.2) is 18.5 Å². The molecule has 0 aromatic carbocycles. The highest BCUT2D eigenvalue weighted by Crippen LogP contribution is 2.26. The summed E-state index contributed by atoms with van der Waals surface area (Å²) in [5.74, 6) is 0.507. The molecule has 7 nitrogen and oxygen atoms in total. The van der Waals surface area contributed by atoms with Crippen LogP contribution in [0.5, 0.6) is 0 Å². The lowest BCUT2D eigenvalue weighted by atomic mass is 9.88. The van der Waals surface area contributed by atoms with E-state index in [1.54, 1.807) is 6.20 Å². The molecule has 0 unspecified atom stereocenters. The van der Waals surface area contributed by atoms with Crippen molar-refractivity contribution in [3.05, 3.63) is 18.5 Å². The van der Waals surface area contributed by atoms with Crippen molar-refractivity contribution in [3.8, 4) is 0 Å². The molecule has 1 saturated heterocycles. The number of carbonyl (C=O) groups excluding carboxylic acids is 2. The van der Waals surface area contributed by atoms with Gasteiger partial charge in [-0.1, -0.05) is 19.3 Å². The molecule has 1 saturated carbocycles. The lowest BCUT2D eigenvalue weighted by Gasteiger charge is -2.26. The van der Waals surface area contributed by atoms with Gasteiger partial charge >= 0.3 is 6.03 Å². The van der Waals surface area contributed by atoms with E-state index in [2.05, 4.69) is 15.7 Å². The van der Waals surface area contributed by atoms with Crippen LogP contribution < -0.4 is 10.6 Å². The van der Waals surface area contributed by atoms with Crippen molar-refractivity contribution in [1.29, 1.82) is 0 Å². The molecule has 1 atom stereocenters. The second kappa shape index (κ2) is 8.87. The van der Waals surface area contributed by atoms with Crippen LogP contribution in [0.3, 0.4) is 0 Å². The van der Waals surface area contributed by atoms with Gasteiger partial charge in [0.25, 0.3) is 0 Å². The number of carbonyl (C=O) groups is 2. The van der Waals surface area contributed by atoms with E-state index < -0.39 is 0 Å². The van der Waals surface area contributed by atoms with Crippen LogP contribution in [0.1, 0.15) is 44.9 Å². The van der Waals surface area contributed by atoms with E-state index in [4.69, 9.17) is 0 Å². The second-order valence-corrected chi connectivity index (χ2v) is 7.13. The molecule has 2 aliphatic rings. The van der Waals surface area contributed by atoms with Crippen molar-refractivity contribution in [2.75, 3.05) is 19.6 Å². The van der Waals surface area contributed by atoms with Crippen LogP contribution >= 0.6 is 0 Å². The highest BCUT2D eigenvalue weighted by molar-refractivity contribution is 5.79. The number of amides is 3. The normalized spacial score (nSPS) is 21.3. The summed E-state index contributed by atoms with van der Waals surface area (Å²) in [6.45, 7) is 2.82. The molecule has 0 bridgehead atoms. The van der Waals surface area contributed by atoms with Gasteiger partial charge in [-0.2, -0.15) is 5.10 Å². The molecule has 2 fully saturated rings. The molecule has 2 N–H and O–H groups in total. The fourth-order valence-electron chi connectivity index (χ4n) is 3.80. The molecule has 7 heteroatoms. The minimum atomic E-state index is -0.141. The average Bonchev–Trinajstić information content (AvgIpc) is 3.31. The van der Waals surface area contributed by atoms with Gasteiger partial charge in [-0.25, -0.2) is 4.79 Å². The Morgan fingerprint density at radius 1 is 1.16 bits per heavy atom. The van der Waals surface area contributed by atoms with Crippen molar-refractivity contribution in [3.63, 3.8) is 0 Å². The summed E-state index contributed by atoms with van der Waals surface area (Å²) in [5.41, 5.74) is 0. The predicted molar refractivity (Wildman–Crippen MR) is 94.9 cm³/mol. The minimum Gasteiger partial charge on any atom is -0.340 e. The number of nitrogens with one attached hydrogen (secondary N) is 2. The summed E-state index contributed by atoms with van der Waals surface area (Å²) in [5, 5.41) is 10.0. The number of likely N-dealkylation sites (tertiary alicyclic amines) is 1. The van der Waals surface area contributed by atoms with Crippen LogP contribution in [-0.2, 0) is 11.3 Å². The number of rotatable bonds is 6. The van der Waals surface area contributed by atoms with Gasteiger partial charge < -0.3 is 15.5 Å². The van der Waals surface area contributed by atoms with Crippen LogP contribution in [0, 0.1) is 5.92 Å². The summed E-state index contributed by atoms with van der Waals surface area (Å²) >= 11 is 0. The third kappa shape index (κ3) is 5.21. The number of nitrogens with zero attached hydrogens (tertiary/aromatic N) is 3. The van der Waals surface area contributed by atoms with Gasteiger partial charge in [0.05, 0.1) is 0 Å². The smallest absolute Gasteiger partial charge is 0.315 e. The highest BCUT2D eigenvalue weighted by atomic mass is 16.2. The predicted octanol–water partition coefficient (Wildman–Crippen LogP) is 1.75. The van der Waals surface area contributed by atoms with E-state index in [9.17, 15) is 9.59 Å². The zero-order valence-electron chi connectivity index (χ0n) is 14.8. The van der Waals surface area contributed by atoms with Crippen LogP contribution in [0.4, 0.5) is 4.79 Å². The summed E-state index contributed by atoms with van der Waals surface area (Å²) < 4.78 is 1.85. The van der Waals surface area contributed by atoms with E-state index in [0.717, 1.165) is 38.8 Å². The average molecular weight is 347 g/mol. The van der Waals surface area contributed by atoms with Crippen molar-refractivity contribution in [1.82, 2.24) is 25.3 Å². The molecule has 1 aliphatic heterocycles. The number of aryl methyl sites for hydroxylation is 1. The standard InChI is InChI=1S/C18H29N5O2/c24-17(15-6-2-1-3-7-15)22-13-8-16(14-22)21-18(25)19-9-4-11-23-12-5-10-20-23/h5,10,12,15-16H,1-4,6-9,11,13-14H2,(H2,19,21,25)/t16-/m0/s1. The largest absolute Gasteiger partial charge is 0.340 e. The molecule has 3 rings (SSSR count). The van der Waals surface area contributed by atoms with E-state index in [-0.39, 0.29) is 18.0 Å². The highest BCUT2D eigenvalue weighted by Gasteiger charge is 2.31. The summed E-state index contributed by atoms with van der Waals surface area (Å²) in [7, 11) is 0. The van der Waals surface area contributed by atoms with Gasteiger partial charge in [-0.3, -0.25) is 9.48 Å². The molecular weight excluding hydrogens is 318 g/mol. The van der Waals surface area contributed by atoms with E-state index in [1.807, 2.05) is 21.8 Å².